The van der Waals surface area contributed by atoms with Crippen LogP contribution >= 0.6 is 0 Å². The van der Waals surface area contributed by atoms with Crippen LogP contribution in [0.5, 0.6) is 5.88 Å². The lowest BCUT2D eigenvalue weighted by Gasteiger charge is -2.34. The van der Waals surface area contributed by atoms with Gasteiger partial charge >= 0.3 is 5.97 Å². The van der Waals surface area contributed by atoms with Gasteiger partial charge in [0.2, 0.25) is 17.7 Å². The number of nitrogens with one attached hydrogen (secondary N) is 1. The lowest BCUT2D eigenvalue weighted by Crippen LogP contribution is -2.48. The molecule has 3 N–H and O–H groups in total. The largest absolute Gasteiger partial charge is 0.465 e. The number of aromatic nitrogens is 2. The topological polar surface area (TPSA) is 111 Å². The number of aryl methyl sites for hydroxylation is 1. The standard InChI is InChI=1S/C23H19FN4O4/c1-12-17-20(27-26-12)32-19(25)18(21(29)31-2)23(17)14-8-4-6-10-16(14)28(22(23)30)11-13-7-3-5-9-15(13)24/h3-10H,11,25H2,1-2H3,(H,26,27). The molecule has 0 aliphatic carbocycles. The van der Waals surface area contributed by atoms with Crippen LogP contribution in [0.25, 0.3) is 0 Å². The molecule has 1 atom stereocenters. The quantitative estimate of drug-likeness (QED) is 0.613. The molecule has 0 saturated carbocycles. The first-order chi connectivity index (χ1) is 15.4. The van der Waals surface area contributed by atoms with E-state index in [0.717, 1.165) is 0 Å². The van der Waals surface area contributed by atoms with Crippen LogP contribution in [0.1, 0.15) is 22.4 Å². The molecule has 3 heterocycles. The van der Waals surface area contributed by atoms with Crippen molar-refractivity contribution >= 4 is 17.6 Å². The summed E-state index contributed by atoms with van der Waals surface area (Å²) in [6.07, 6.45) is 0. The van der Waals surface area contributed by atoms with E-state index in [1.807, 2.05) is 0 Å². The van der Waals surface area contributed by atoms with Gasteiger partial charge < -0.3 is 20.1 Å². The molecule has 2 aliphatic rings. The number of aromatic amines is 1. The fourth-order valence-corrected chi connectivity index (χ4v) is 4.63. The first kappa shape index (κ1) is 19.8. The second-order valence-electron chi connectivity index (χ2n) is 7.61. The summed E-state index contributed by atoms with van der Waals surface area (Å²) in [5, 5.41) is 6.94. The van der Waals surface area contributed by atoms with Crippen molar-refractivity contribution in [1.82, 2.24) is 10.2 Å². The number of nitrogens with zero attached hydrogens (tertiary/aromatic N) is 2. The maximum Gasteiger partial charge on any atom is 0.340 e. The van der Waals surface area contributed by atoms with E-state index < -0.39 is 23.1 Å². The average molecular weight is 434 g/mol. The molecule has 32 heavy (non-hydrogen) atoms. The maximum atomic E-state index is 14.5. The Kier molecular flexibility index (Phi) is 4.30. The first-order valence-electron chi connectivity index (χ1n) is 9.88. The molecule has 2 aromatic carbocycles. The number of fused-ring (bicyclic) bond motifs is 4. The molecule has 0 fully saturated rings. The Morgan fingerprint density at radius 3 is 2.72 bits per heavy atom. The van der Waals surface area contributed by atoms with Crippen LogP contribution in [-0.4, -0.2) is 29.2 Å². The number of para-hydroxylation sites is 1. The number of rotatable bonds is 3. The van der Waals surface area contributed by atoms with Crippen LogP contribution in [0.3, 0.4) is 0 Å². The van der Waals surface area contributed by atoms with Crippen molar-refractivity contribution in [3.8, 4) is 5.88 Å². The van der Waals surface area contributed by atoms with Gasteiger partial charge in [-0.3, -0.25) is 9.89 Å². The van der Waals surface area contributed by atoms with Crippen LogP contribution in [0.4, 0.5) is 10.1 Å². The van der Waals surface area contributed by atoms with Gasteiger partial charge in [0.15, 0.2) is 0 Å². The minimum absolute atomic E-state index is 0.0360. The predicted molar refractivity (Wildman–Crippen MR) is 112 cm³/mol. The van der Waals surface area contributed by atoms with E-state index in [1.165, 1.54) is 18.1 Å². The molecular formula is C23H19FN4O4. The average Bonchev–Trinajstić information content (AvgIpc) is 3.27. The van der Waals surface area contributed by atoms with Crippen molar-refractivity contribution in [2.45, 2.75) is 18.9 Å². The molecule has 3 aromatic rings. The number of carbonyl (C=O) groups is 2. The molecule has 5 rings (SSSR count). The summed E-state index contributed by atoms with van der Waals surface area (Å²) < 4.78 is 25.1. The molecule has 162 valence electrons. The summed E-state index contributed by atoms with van der Waals surface area (Å²) in [6.45, 7) is 1.69. The molecule has 1 amide bonds. The van der Waals surface area contributed by atoms with Gasteiger partial charge in [0.25, 0.3) is 0 Å². The van der Waals surface area contributed by atoms with Gasteiger partial charge in [-0.1, -0.05) is 36.4 Å². The summed E-state index contributed by atoms with van der Waals surface area (Å²) in [4.78, 5) is 28.7. The lowest BCUT2D eigenvalue weighted by atomic mass is 9.68. The number of anilines is 1. The SMILES string of the molecule is COC(=O)C1=C(N)Oc2n[nH]c(C)c2C12C(=O)N(Cc1ccccc1F)c1ccccc12. The zero-order chi connectivity index (χ0) is 22.6. The van der Waals surface area contributed by atoms with Crippen molar-refractivity contribution in [3.63, 3.8) is 0 Å². The summed E-state index contributed by atoms with van der Waals surface area (Å²) in [5.74, 6) is -1.88. The van der Waals surface area contributed by atoms with Crippen molar-refractivity contribution in [3.05, 3.63) is 88.2 Å². The predicted octanol–water partition coefficient (Wildman–Crippen LogP) is 2.43. The molecule has 1 unspecified atom stereocenters. The zero-order valence-electron chi connectivity index (χ0n) is 17.3. The molecule has 0 bridgehead atoms. The van der Waals surface area contributed by atoms with Crippen molar-refractivity contribution in [2.24, 2.45) is 5.73 Å². The molecular weight excluding hydrogens is 415 g/mol. The Hall–Kier alpha value is -4.14. The van der Waals surface area contributed by atoms with Gasteiger partial charge in [-0.15, -0.1) is 5.10 Å². The monoisotopic (exact) mass is 434 g/mol. The van der Waals surface area contributed by atoms with Crippen molar-refractivity contribution in [1.29, 1.82) is 0 Å². The molecule has 2 aliphatic heterocycles. The second kappa shape index (κ2) is 6.94. The fraction of sp³-hybridized carbons (Fsp3) is 0.174. The van der Waals surface area contributed by atoms with E-state index in [-0.39, 0.29) is 23.9 Å². The van der Waals surface area contributed by atoms with Crippen LogP contribution in [0.2, 0.25) is 0 Å². The highest BCUT2D eigenvalue weighted by Gasteiger charge is 2.62. The number of hydrogen-bond acceptors (Lipinski definition) is 6. The van der Waals surface area contributed by atoms with Crippen LogP contribution in [-0.2, 0) is 26.3 Å². The minimum Gasteiger partial charge on any atom is -0.465 e. The van der Waals surface area contributed by atoms with Crippen LogP contribution in [0.15, 0.2) is 60.0 Å². The van der Waals surface area contributed by atoms with Gasteiger partial charge in [-0.25, -0.2) is 9.18 Å². The van der Waals surface area contributed by atoms with Gasteiger partial charge in [0.1, 0.15) is 16.8 Å². The summed E-state index contributed by atoms with van der Waals surface area (Å²) >= 11 is 0. The smallest absolute Gasteiger partial charge is 0.340 e. The van der Waals surface area contributed by atoms with Crippen molar-refractivity contribution < 1.29 is 23.5 Å². The third kappa shape index (κ3) is 2.44. The van der Waals surface area contributed by atoms with Crippen molar-refractivity contribution in [2.75, 3.05) is 12.0 Å². The number of methoxy groups -OCH3 is 1. The number of nitrogens with two attached hydrogens (primary N) is 1. The highest BCUT2D eigenvalue weighted by Crippen LogP contribution is 2.56. The van der Waals surface area contributed by atoms with Gasteiger partial charge in [0.05, 0.1) is 19.2 Å². The van der Waals surface area contributed by atoms with E-state index in [2.05, 4.69) is 10.2 Å². The number of H-pyrrole nitrogens is 1. The van der Waals surface area contributed by atoms with Crippen LogP contribution in [0, 0.1) is 12.7 Å². The summed E-state index contributed by atoms with van der Waals surface area (Å²) in [5.41, 5.74) is 6.65. The molecule has 0 radical (unpaired) electrons. The zero-order valence-corrected chi connectivity index (χ0v) is 17.3. The highest BCUT2D eigenvalue weighted by molar-refractivity contribution is 6.18. The summed E-state index contributed by atoms with van der Waals surface area (Å²) in [7, 11) is 1.20. The number of hydrogen-bond donors (Lipinski definition) is 2. The highest BCUT2D eigenvalue weighted by atomic mass is 19.1. The van der Waals surface area contributed by atoms with Gasteiger partial charge in [-0.2, -0.15) is 0 Å². The van der Waals surface area contributed by atoms with E-state index in [9.17, 15) is 14.0 Å². The Labute approximate surface area is 182 Å². The minimum atomic E-state index is -1.65. The third-order valence-electron chi connectivity index (χ3n) is 5.96. The summed E-state index contributed by atoms with van der Waals surface area (Å²) in [6, 6.07) is 13.2. The number of benzene rings is 2. The Balaban J connectivity index is 1.81. The molecule has 9 heteroatoms. The Bertz CT molecular complexity index is 1310. The number of carbonyl (C=O) groups excluding carboxylic acids is 2. The lowest BCUT2D eigenvalue weighted by molar-refractivity contribution is -0.138. The fourth-order valence-electron chi connectivity index (χ4n) is 4.63. The van der Waals surface area contributed by atoms with E-state index in [4.69, 9.17) is 15.2 Å². The Morgan fingerprint density at radius 2 is 1.97 bits per heavy atom. The third-order valence-corrected chi connectivity index (χ3v) is 5.96. The van der Waals surface area contributed by atoms with Crippen LogP contribution < -0.4 is 15.4 Å². The molecule has 1 aromatic heterocycles. The first-order valence-corrected chi connectivity index (χ1v) is 9.88. The number of halogens is 1. The van der Waals surface area contributed by atoms with Gasteiger partial charge in [-0.05, 0) is 19.1 Å². The molecule has 0 saturated heterocycles. The number of esters is 1. The van der Waals surface area contributed by atoms with Gasteiger partial charge in [0, 0.05) is 22.5 Å². The maximum absolute atomic E-state index is 14.5. The Morgan fingerprint density at radius 1 is 1.25 bits per heavy atom. The number of ether oxygens (including phenoxy) is 2. The number of amides is 1. The van der Waals surface area contributed by atoms with E-state index in [1.54, 1.807) is 49.4 Å². The molecule has 1 spiro atoms. The molecule has 8 nitrogen and oxygen atoms in total. The second-order valence-corrected chi connectivity index (χ2v) is 7.61. The normalized spacial score (nSPS) is 19.1. The van der Waals surface area contributed by atoms with E-state index >= 15 is 0 Å². The van der Waals surface area contributed by atoms with E-state index in [0.29, 0.717) is 28.1 Å².